The van der Waals surface area contributed by atoms with Gasteiger partial charge in [0.1, 0.15) is 11.9 Å². The fourth-order valence-corrected chi connectivity index (χ4v) is 3.49. The molecule has 8 heteroatoms. The number of nitrogens with one attached hydrogen (secondary N) is 1. The van der Waals surface area contributed by atoms with Gasteiger partial charge in [-0.05, 0) is 53.2 Å². The molecule has 0 saturated carbocycles. The topological polar surface area (TPSA) is 84.2 Å². The highest BCUT2D eigenvalue weighted by Gasteiger charge is 2.16. The van der Waals surface area contributed by atoms with E-state index in [2.05, 4.69) is 10.3 Å². The first-order valence-corrected chi connectivity index (χ1v) is 9.48. The van der Waals surface area contributed by atoms with Crippen molar-refractivity contribution < 1.29 is 18.7 Å². The second kappa shape index (κ2) is 8.09. The molecule has 0 bridgehead atoms. The lowest BCUT2D eigenvalue weighted by Gasteiger charge is -2.13. The number of nitrogens with zero attached hydrogens (tertiary/aromatic N) is 2. The number of methoxy groups -OCH3 is 2. The first-order valence-electron chi connectivity index (χ1n) is 9.10. The third-order valence-electron chi connectivity index (χ3n) is 4.87. The average Bonchev–Trinajstić information content (AvgIpc) is 2.78. The number of hydrogen-bond acceptors (Lipinski definition) is 5. The van der Waals surface area contributed by atoms with Crippen LogP contribution in [0.5, 0.6) is 11.5 Å². The molecule has 3 aromatic carbocycles. The minimum Gasteiger partial charge on any atom is -0.493 e. The fraction of sp³-hybridized carbons (Fsp3) is 0.0870. The highest BCUT2D eigenvalue weighted by molar-refractivity contribution is 6.31. The van der Waals surface area contributed by atoms with Gasteiger partial charge in [-0.1, -0.05) is 11.6 Å². The molecule has 154 valence electrons. The van der Waals surface area contributed by atoms with E-state index in [0.717, 1.165) is 16.8 Å². The summed E-state index contributed by atoms with van der Waals surface area (Å²) in [6, 6.07) is 13.0. The Balaban J connectivity index is 1.88. The van der Waals surface area contributed by atoms with E-state index in [-0.39, 0.29) is 16.1 Å². The van der Waals surface area contributed by atoms with Crippen molar-refractivity contribution in [2.24, 2.45) is 0 Å². The predicted octanol–water partition coefficient (Wildman–Crippen LogP) is 5.32. The lowest BCUT2D eigenvalue weighted by atomic mass is 10.0. The first kappa shape index (κ1) is 20.4. The van der Waals surface area contributed by atoms with E-state index in [1.807, 2.05) is 24.3 Å². The molecule has 31 heavy (non-hydrogen) atoms. The van der Waals surface area contributed by atoms with Crippen LogP contribution in [0.15, 0.2) is 48.7 Å². The summed E-state index contributed by atoms with van der Waals surface area (Å²) in [4.78, 5) is 17.1. The molecular formula is C23H15ClFN3O3. The van der Waals surface area contributed by atoms with Gasteiger partial charge < -0.3 is 14.8 Å². The van der Waals surface area contributed by atoms with Gasteiger partial charge in [0.2, 0.25) is 0 Å². The zero-order chi connectivity index (χ0) is 22.1. The van der Waals surface area contributed by atoms with Crippen LogP contribution < -0.4 is 14.8 Å². The van der Waals surface area contributed by atoms with Crippen molar-refractivity contribution in [2.75, 3.05) is 19.5 Å². The molecule has 0 aliphatic heterocycles. The second-order valence-electron chi connectivity index (χ2n) is 6.67. The number of pyridine rings is 1. The summed E-state index contributed by atoms with van der Waals surface area (Å²) in [5.74, 6) is -0.0329. The number of hydrogen-bond donors (Lipinski definition) is 1. The number of carbonyl (C=O) groups is 1. The van der Waals surface area contributed by atoms with Crippen LogP contribution in [0.2, 0.25) is 5.02 Å². The molecule has 0 unspecified atom stereocenters. The highest BCUT2D eigenvalue weighted by Crippen LogP contribution is 2.36. The number of amides is 1. The lowest BCUT2D eigenvalue weighted by molar-refractivity contribution is 0.102. The molecule has 1 aromatic heterocycles. The Bertz CT molecular complexity index is 1400. The molecule has 1 amide bonds. The van der Waals surface area contributed by atoms with Gasteiger partial charge in [-0.2, -0.15) is 5.26 Å². The molecule has 0 radical (unpaired) electrons. The van der Waals surface area contributed by atoms with Gasteiger partial charge in [0.15, 0.2) is 11.5 Å². The van der Waals surface area contributed by atoms with Gasteiger partial charge in [-0.15, -0.1) is 0 Å². The van der Waals surface area contributed by atoms with Crippen LogP contribution in [0.3, 0.4) is 0 Å². The average molecular weight is 436 g/mol. The maximum atomic E-state index is 13.4. The van der Waals surface area contributed by atoms with Crippen LogP contribution in [-0.4, -0.2) is 25.1 Å². The summed E-state index contributed by atoms with van der Waals surface area (Å²) in [7, 11) is 3.09. The van der Waals surface area contributed by atoms with Crippen molar-refractivity contribution in [2.45, 2.75) is 0 Å². The standard InChI is InChI=1S/C23H15ClFN3O3/c1-30-20-8-13-5-16-19(7-14(13)9-21(20)31-2)27-11-15(10-26)22(16)28-23(29)12-3-4-18(25)17(24)6-12/h3-9,11H,1-2H3,(H,27,28,29). The van der Waals surface area contributed by atoms with Gasteiger partial charge in [0.05, 0.1) is 36.0 Å². The molecule has 0 aliphatic carbocycles. The number of nitriles is 1. The third kappa shape index (κ3) is 3.69. The number of ether oxygens (including phenoxy) is 2. The number of benzene rings is 3. The van der Waals surface area contributed by atoms with Crippen LogP contribution in [0.1, 0.15) is 15.9 Å². The molecule has 4 rings (SSSR count). The van der Waals surface area contributed by atoms with E-state index in [1.165, 1.54) is 18.3 Å². The zero-order valence-electron chi connectivity index (χ0n) is 16.5. The maximum absolute atomic E-state index is 13.4. The number of anilines is 1. The summed E-state index contributed by atoms with van der Waals surface area (Å²) >= 11 is 5.79. The number of halogens is 2. The molecule has 0 saturated heterocycles. The lowest BCUT2D eigenvalue weighted by Crippen LogP contribution is -2.13. The SMILES string of the molecule is COc1cc2cc3ncc(C#N)c(NC(=O)c4ccc(F)c(Cl)c4)c3cc2cc1OC. The van der Waals surface area contributed by atoms with Crippen molar-refractivity contribution in [3.63, 3.8) is 0 Å². The van der Waals surface area contributed by atoms with Crippen molar-refractivity contribution >= 4 is 44.9 Å². The predicted molar refractivity (Wildman–Crippen MR) is 116 cm³/mol. The van der Waals surface area contributed by atoms with Gasteiger partial charge in [-0.25, -0.2) is 4.39 Å². The molecule has 1 heterocycles. The summed E-state index contributed by atoms with van der Waals surface area (Å²) in [6.45, 7) is 0. The molecular weight excluding hydrogens is 421 g/mol. The van der Waals surface area contributed by atoms with Gasteiger partial charge >= 0.3 is 0 Å². The van der Waals surface area contributed by atoms with E-state index < -0.39 is 11.7 Å². The first-order chi connectivity index (χ1) is 14.9. The van der Waals surface area contributed by atoms with Crippen molar-refractivity contribution in [3.8, 4) is 17.6 Å². The summed E-state index contributed by atoms with van der Waals surface area (Å²) in [5, 5.41) is 14.4. The van der Waals surface area contributed by atoms with Crippen LogP contribution in [0.4, 0.5) is 10.1 Å². The number of aromatic nitrogens is 1. The zero-order valence-corrected chi connectivity index (χ0v) is 17.2. The Morgan fingerprint density at radius 2 is 1.77 bits per heavy atom. The highest BCUT2D eigenvalue weighted by atomic mass is 35.5. The normalized spacial score (nSPS) is 10.7. The Kier molecular flexibility index (Phi) is 5.32. The third-order valence-corrected chi connectivity index (χ3v) is 5.16. The number of carbonyl (C=O) groups excluding carboxylic acids is 1. The largest absolute Gasteiger partial charge is 0.493 e. The molecule has 1 N–H and O–H groups in total. The quantitative estimate of drug-likeness (QED) is 0.438. The van der Waals surface area contributed by atoms with Crippen LogP contribution in [-0.2, 0) is 0 Å². The second-order valence-corrected chi connectivity index (χ2v) is 7.07. The molecule has 0 aliphatic rings. The van der Waals surface area contributed by atoms with Crippen LogP contribution >= 0.6 is 11.6 Å². The van der Waals surface area contributed by atoms with Gasteiger partial charge in [0.25, 0.3) is 5.91 Å². The smallest absolute Gasteiger partial charge is 0.255 e. The molecule has 4 aromatic rings. The minimum atomic E-state index is -0.624. The molecule has 6 nitrogen and oxygen atoms in total. The van der Waals surface area contributed by atoms with Crippen LogP contribution in [0, 0.1) is 17.1 Å². The summed E-state index contributed by atoms with van der Waals surface area (Å²) in [6.07, 6.45) is 1.39. The van der Waals surface area contributed by atoms with Crippen LogP contribution in [0.25, 0.3) is 21.7 Å². The summed E-state index contributed by atoms with van der Waals surface area (Å²) in [5.41, 5.74) is 1.22. The van der Waals surface area contributed by atoms with E-state index in [1.54, 1.807) is 20.3 Å². The van der Waals surface area contributed by atoms with Gasteiger partial charge in [-0.3, -0.25) is 9.78 Å². The molecule has 0 spiro atoms. The Morgan fingerprint density at radius 1 is 1.10 bits per heavy atom. The van der Waals surface area contributed by atoms with Crippen molar-refractivity contribution in [1.82, 2.24) is 4.98 Å². The maximum Gasteiger partial charge on any atom is 0.255 e. The Labute approximate surface area is 181 Å². The minimum absolute atomic E-state index is 0.160. The summed E-state index contributed by atoms with van der Waals surface area (Å²) < 4.78 is 24.2. The van der Waals surface area contributed by atoms with Crippen molar-refractivity contribution in [1.29, 1.82) is 5.26 Å². The fourth-order valence-electron chi connectivity index (χ4n) is 3.31. The number of fused-ring (bicyclic) bond motifs is 2. The van der Waals surface area contributed by atoms with E-state index >= 15 is 0 Å². The monoisotopic (exact) mass is 435 g/mol. The molecule has 0 fully saturated rings. The van der Waals surface area contributed by atoms with E-state index in [4.69, 9.17) is 21.1 Å². The Hall–Kier alpha value is -3.89. The Morgan fingerprint density at radius 3 is 2.39 bits per heavy atom. The van der Waals surface area contributed by atoms with E-state index in [9.17, 15) is 14.4 Å². The molecule has 0 atom stereocenters. The van der Waals surface area contributed by atoms with Crippen molar-refractivity contribution in [3.05, 3.63) is 70.6 Å². The number of rotatable bonds is 4. The van der Waals surface area contributed by atoms with E-state index in [0.29, 0.717) is 28.1 Å². The van der Waals surface area contributed by atoms with Gasteiger partial charge in [0, 0.05) is 17.1 Å².